The van der Waals surface area contributed by atoms with Crippen LogP contribution in [0.3, 0.4) is 0 Å². The van der Waals surface area contributed by atoms with Crippen LogP contribution < -0.4 is 0 Å². The number of benzene rings is 1. The molecular formula is C16H26OSi. The number of aryl methyl sites for hydroxylation is 1. The summed E-state index contributed by atoms with van der Waals surface area (Å²) in [5.41, 5.74) is 2.93. The van der Waals surface area contributed by atoms with Gasteiger partial charge in [0.15, 0.2) is 8.32 Å². The summed E-state index contributed by atoms with van der Waals surface area (Å²) < 4.78 is 6.61. The monoisotopic (exact) mass is 262 g/mol. The van der Waals surface area contributed by atoms with Crippen LogP contribution in [0.25, 0.3) is 0 Å². The Morgan fingerprint density at radius 2 is 1.83 bits per heavy atom. The molecule has 2 heteroatoms. The molecule has 0 aromatic heterocycles. The van der Waals surface area contributed by atoms with Crippen LogP contribution in [-0.4, -0.2) is 8.32 Å². The van der Waals surface area contributed by atoms with Gasteiger partial charge in [-0.1, -0.05) is 45.0 Å². The van der Waals surface area contributed by atoms with Gasteiger partial charge in [0.2, 0.25) is 0 Å². The quantitative estimate of drug-likeness (QED) is 0.675. The fraction of sp³-hybridized carbons (Fsp3) is 0.625. The molecule has 0 N–H and O–H groups in total. The third-order valence-electron chi connectivity index (χ3n) is 4.56. The fourth-order valence-corrected chi connectivity index (χ4v) is 3.67. The van der Waals surface area contributed by atoms with Crippen LogP contribution >= 0.6 is 0 Å². The van der Waals surface area contributed by atoms with Crippen LogP contribution in [0.2, 0.25) is 18.1 Å². The first-order valence-corrected chi connectivity index (χ1v) is 9.98. The molecule has 0 fully saturated rings. The van der Waals surface area contributed by atoms with E-state index in [1.165, 1.54) is 30.4 Å². The summed E-state index contributed by atoms with van der Waals surface area (Å²) in [7, 11) is -1.66. The third-order valence-corrected chi connectivity index (χ3v) is 9.04. The van der Waals surface area contributed by atoms with Gasteiger partial charge in [0.25, 0.3) is 0 Å². The lowest BCUT2D eigenvalue weighted by atomic mass is 9.90. The summed E-state index contributed by atoms with van der Waals surface area (Å²) in [5, 5.41) is 0.291. The van der Waals surface area contributed by atoms with E-state index in [-0.39, 0.29) is 0 Å². The van der Waals surface area contributed by atoms with Crippen molar-refractivity contribution in [3.63, 3.8) is 0 Å². The largest absolute Gasteiger partial charge is 0.410 e. The van der Waals surface area contributed by atoms with Crippen molar-refractivity contribution in [2.75, 3.05) is 0 Å². The SMILES string of the molecule is CC(C)(C)[Si](C)(C)OC1CCCc2ccccc21. The van der Waals surface area contributed by atoms with Gasteiger partial charge in [-0.05, 0) is 48.5 Å². The summed E-state index contributed by atoms with van der Waals surface area (Å²) in [4.78, 5) is 0. The van der Waals surface area contributed by atoms with E-state index >= 15 is 0 Å². The minimum atomic E-state index is -1.66. The number of rotatable bonds is 2. The number of hydrogen-bond donors (Lipinski definition) is 0. The van der Waals surface area contributed by atoms with Crippen LogP contribution in [0.5, 0.6) is 0 Å². The molecule has 0 spiro atoms. The molecule has 0 saturated heterocycles. The van der Waals surface area contributed by atoms with Crippen LogP contribution in [0.15, 0.2) is 24.3 Å². The summed E-state index contributed by atoms with van der Waals surface area (Å²) in [5.74, 6) is 0. The van der Waals surface area contributed by atoms with Crippen molar-refractivity contribution >= 4 is 8.32 Å². The molecule has 0 heterocycles. The lowest BCUT2D eigenvalue weighted by Gasteiger charge is -2.40. The second-order valence-corrected chi connectivity index (χ2v) is 11.7. The lowest BCUT2D eigenvalue weighted by molar-refractivity contribution is 0.163. The summed E-state index contributed by atoms with van der Waals surface area (Å²) in [6.07, 6.45) is 3.99. The molecule has 0 amide bonds. The van der Waals surface area contributed by atoms with E-state index in [0.29, 0.717) is 11.1 Å². The van der Waals surface area contributed by atoms with E-state index in [0.717, 1.165) is 0 Å². The van der Waals surface area contributed by atoms with Crippen molar-refractivity contribution in [3.05, 3.63) is 35.4 Å². The topological polar surface area (TPSA) is 9.23 Å². The first-order valence-electron chi connectivity index (χ1n) is 7.07. The highest BCUT2D eigenvalue weighted by molar-refractivity contribution is 6.74. The van der Waals surface area contributed by atoms with Crippen molar-refractivity contribution < 1.29 is 4.43 Å². The van der Waals surface area contributed by atoms with Gasteiger partial charge in [-0.15, -0.1) is 0 Å². The van der Waals surface area contributed by atoms with Crippen molar-refractivity contribution in [2.24, 2.45) is 0 Å². The zero-order valence-electron chi connectivity index (χ0n) is 12.4. The Balaban J connectivity index is 2.22. The van der Waals surface area contributed by atoms with Crippen molar-refractivity contribution in [3.8, 4) is 0 Å². The molecule has 0 radical (unpaired) electrons. The van der Waals surface area contributed by atoms with Gasteiger partial charge in [0.05, 0.1) is 6.10 Å². The summed E-state index contributed by atoms with van der Waals surface area (Å²) in [6, 6.07) is 8.81. The van der Waals surface area contributed by atoms with Crippen LogP contribution in [0.4, 0.5) is 0 Å². The van der Waals surface area contributed by atoms with E-state index in [1.807, 2.05) is 0 Å². The van der Waals surface area contributed by atoms with Gasteiger partial charge in [-0.3, -0.25) is 0 Å². The Bertz CT molecular complexity index is 417. The van der Waals surface area contributed by atoms with E-state index in [2.05, 4.69) is 58.1 Å². The number of hydrogen-bond acceptors (Lipinski definition) is 1. The predicted octanol–water partition coefficient (Wildman–Crippen LogP) is 5.09. The fourth-order valence-electron chi connectivity index (χ4n) is 2.36. The van der Waals surface area contributed by atoms with Crippen molar-refractivity contribution in [1.82, 2.24) is 0 Å². The van der Waals surface area contributed by atoms with E-state index in [9.17, 15) is 0 Å². The smallest absolute Gasteiger partial charge is 0.192 e. The molecule has 1 aliphatic rings. The van der Waals surface area contributed by atoms with Crippen LogP contribution in [0, 0.1) is 0 Å². The molecule has 0 aliphatic heterocycles. The molecule has 18 heavy (non-hydrogen) atoms. The van der Waals surface area contributed by atoms with E-state index in [4.69, 9.17) is 4.43 Å². The minimum Gasteiger partial charge on any atom is -0.410 e. The van der Waals surface area contributed by atoms with Crippen molar-refractivity contribution in [1.29, 1.82) is 0 Å². The highest BCUT2D eigenvalue weighted by atomic mass is 28.4. The third kappa shape index (κ3) is 2.70. The Morgan fingerprint density at radius 3 is 2.50 bits per heavy atom. The second-order valence-electron chi connectivity index (χ2n) is 6.96. The molecule has 1 atom stereocenters. The molecule has 1 aromatic rings. The predicted molar refractivity (Wildman–Crippen MR) is 80.4 cm³/mol. The molecule has 100 valence electrons. The molecule has 1 unspecified atom stereocenters. The van der Waals surface area contributed by atoms with Gasteiger partial charge >= 0.3 is 0 Å². The van der Waals surface area contributed by atoms with Crippen LogP contribution in [-0.2, 0) is 10.8 Å². The van der Waals surface area contributed by atoms with E-state index < -0.39 is 8.32 Å². The Morgan fingerprint density at radius 1 is 1.17 bits per heavy atom. The first-order chi connectivity index (χ1) is 8.31. The molecule has 2 rings (SSSR count). The average Bonchev–Trinajstić information content (AvgIpc) is 2.27. The van der Waals surface area contributed by atoms with Gasteiger partial charge in [-0.2, -0.15) is 0 Å². The molecule has 0 saturated carbocycles. The second kappa shape index (κ2) is 4.82. The lowest BCUT2D eigenvalue weighted by Crippen LogP contribution is -2.42. The highest BCUT2D eigenvalue weighted by Gasteiger charge is 2.40. The van der Waals surface area contributed by atoms with Gasteiger partial charge < -0.3 is 4.43 Å². The number of fused-ring (bicyclic) bond motifs is 1. The highest BCUT2D eigenvalue weighted by Crippen LogP contribution is 2.42. The maximum Gasteiger partial charge on any atom is 0.192 e. The minimum absolute atomic E-state index is 0.291. The van der Waals surface area contributed by atoms with Crippen molar-refractivity contribution in [2.45, 2.75) is 64.3 Å². The van der Waals surface area contributed by atoms with Gasteiger partial charge in [-0.25, -0.2) is 0 Å². The molecule has 1 aromatic carbocycles. The Labute approximate surface area is 113 Å². The standard InChI is InChI=1S/C16H26OSi/c1-16(2,3)18(4,5)17-15-12-8-10-13-9-6-7-11-14(13)15/h6-7,9,11,15H,8,10,12H2,1-5H3. The Kier molecular flexibility index (Phi) is 3.70. The summed E-state index contributed by atoms with van der Waals surface area (Å²) >= 11 is 0. The van der Waals surface area contributed by atoms with Crippen LogP contribution in [0.1, 0.15) is 50.8 Å². The summed E-state index contributed by atoms with van der Waals surface area (Å²) in [6.45, 7) is 11.6. The zero-order chi connectivity index (χ0) is 13.4. The molecule has 1 nitrogen and oxygen atoms in total. The molecule has 1 aliphatic carbocycles. The molecule has 0 bridgehead atoms. The van der Waals surface area contributed by atoms with Gasteiger partial charge in [0.1, 0.15) is 0 Å². The average molecular weight is 262 g/mol. The molecular weight excluding hydrogens is 236 g/mol. The zero-order valence-corrected chi connectivity index (χ0v) is 13.4. The first kappa shape index (κ1) is 13.8. The normalized spacial score (nSPS) is 20.6. The van der Waals surface area contributed by atoms with Gasteiger partial charge in [0, 0.05) is 0 Å². The maximum atomic E-state index is 6.61. The Hall–Kier alpha value is -0.603. The van der Waals surface area contributed by atoms with E-state index in [1.54, 1.807) is 0 Å². The maximum absolute atomic E-state index is 6.61.